The lowest BCUT2D eigenvalue weighted by Crippen LogP contribution is -2.47. The number of fused-ring (bicyclic) bond motifs is 1. The van der Waals surface area contributed by atoms with E-state index in [1.807, 2.05) is 0 Å². The van der Waals surface area contributed by atoms with E-state index in [0.717, 1.165) is 6.04 Å². The number of carbonyl (C=O) groups excluding carboxylic acids is 1. The van der Waals surface area contributed by atoms with Crippen molar-refractivity contribution in [3.8, 4) is 0 Å². The number of amides is 1. The number of benzene rings is 1. The molecule has 1 fully saturated rings. The summed E-state index contributed by atoms with van der Waals surface area (Å²) in [5, 5.41) is 9.68. The van der Waals surface area contributed by atoms with Gasteiger partial charge in [-0.15, -0.1) is 0 Å². The molecule has 3 atom stereocenters. The molecule has 1 heterocycles. The molecule has 1 aliphatic heterocycles. The van der Waals surface area contributed by atoms with Crippen LogP contribution in [0.15, 0.2) is 39.3 Å². The van der Waals surface area contributed by atoms with Gasteiger partial charge < -0.3 is 14.6 Å². The Balaban J connectivity index is 2.14. The first-order valence-electron chi connectivity index (χ1n) is 12.7. The Morgan fingerprint density at radius 3 is 2.56 bits per heavy atom. The summed E-state index contributed by atoms with van der Waals surface area (Å²) in [6, 6.07) is 5.10. The largest absolute Gasteiger partial charge is 0.478 e. The molecule has 1 amide bonds. The first-order valence-corrected chi connectivity index (χ1v) is 18.1. The van der Waals surface area contributed by atoms with Gasteiger partial charge in [0.15, 0.2) is 5.17 Å². The van der Waals surface area contributed by atoms with Gasteiger partial charge in [0, 0.05) is 41.0 Å². The van der Waals surface area contributed by atoms with Crippen molar-refractivity contribution in [1.82, 2.24) is 4.90 Å². The first-order chi connectivity index (χ1) is 17.9. The molecule has 0 aromatic heterocycles. The minimum absolute atomic E-state index is 0.0363. The molecule has 3 rings (SSSR count). The lowest BCUT2D eigenvalue weighted by molar-refractivity contribution is -0.132. The average molecular weight is 648 g/mol. The number of aliphatic imine (C=N–C) groups is 1. The smallest absolute Gasteiger partial charge is 0.418 e. The Kier molecular flexibility index (Phi) is 9.46. The summed E-state index contributed by atoms with van der Waals surface area (Å²) < 4.78 is 41.7. The van der Waals surface area contributed by atoms with Crippen LogP contribution in [0.2, 0.25) is 25.7 Å². The molecule has 0 unspecified atom stereocenters. The number of hydrogen-bond donors (Lipinski definition) is 1. The molecule has 0 spiro atoms. The third kappa shape index (κ3) is 7.50. The molecule has 39 heavy (non-hydrogen) atoms. The van der Waals surface area contributed by atoms with Gasteiger partial charge in [0.05, 0.1) is 0 Å². The van der Waals surface area contributed by atoms with E-state index in [1.54, 1.807) is 26.8 Å². The molecule has 216 valence electrons. The molecule has 7 nitrogen and oxygen atoms in total. The highest BCUT2D eigenvalue weighted by molar-refractivity contribution is 9.10. The number of halogens is 3. The molecule has 0 bridgehead atoms. The minimum atomic E-state index is -1.68. The van der Waals surface area contributed by atoms with Gasteiger partial charge in [0.1, 0.15) is 30.4 Å². The summed E-state index contributed by atoms with van der Waals surface area (Å²) in [6.07, 6.45) is 1.18. The molecule has 1 aliphatic carbocycles. The number of hydrogen-bond acceptors (Lipinski definition) is 6. The molecule has 1 aromatic rings. The van der Waals surface area contributed by atoms with Gasteiger partial charge in [-0.2, -0.15) is 0 Å². The molecule has 0 saturated heterocycles. The number of alkyl halides is 1. The number of nitrogens with zero attached hydrogens (tertiary/aromatic N) is 2. The first kappa shape index (κ1) is 31.8. The number of rotatable bonds is 9. The Labute approximate surface area is 242 Å². The van der Waals surface area contributed by atoms with Gasteiger partial charge in [-0.05, 0) is 58.4 Å². The number of aliphatic carboxylic acids is 1. The van der Waals surface area contributed by atoms with Crippen LogP contribution in [0, 0.1) is 11.7 Å². The van der Waals surface area contributed by atoms with E-state index >= 15 is 8.78 Å². The van der Waals surface area contributed by atoms with Crippen molar-refractivity contribution >= 4 is 53.0 Å². The van der Waals surface area contributed by atoms with Gasteiger partial charge >= 0.3 is 12.1 Å². The molecule has 2 aliphatic rings. The van der Waals surface area contributed by atoms with Gasteiger partial charge in [-0.1, -0.05) is 53.4 Å². The Morgan fingerprint density at radius 1 is 1.33 bits per heavy atom. The molecule has 0 radical (unpaired) electrons. The highest BCUT2D eigenvalue weighted by atomic mass is 79.9. The number of carboxylic acids is 1. The minimum Gasteiger partial charge on any atom is -0.478 e. The number of thioether (sulfide) groups is 1. The lowest BCUT2D eigenvalue weighted by atomic mass is 9.84. The number of carboxylic acid groups (broad SMARTS) is 1. The van der Waals surface area contributed by atoms with Crippen LogP contribution in [0.3, 0.4) is 0 Å². The molecular weight excluding hydrogens is 610 g/mol. The zero-order chi connectivity index (χ0) is 29.4. The second-order valence-corrected chi connectivity index (χ2v) is 20.1. The standard InChI is InChI=1S/C27H37BrF2N2O5SSi/c1-17(22(33)34)13-26-14-21(26)27(15-29,19-12-18(28)8-9-20(19)30)31-23(38-26)32(24(35)37-25(2,3)4)16-36-10-11-39(5,6)7/h8-9,12-13,21H,10-11,14-16H2,1-7H3,(H,33,34)/b17-13+/t21-,26+,27-/m1/s1. The number of amidine groups is 1. The second-order valence-electron chi connectivity index (χ2n) is 12.3. The molecule has 1 aromatic carbocycles. The summed E-state index contributed by atoms with van der Waals surface area (Å²) in [5.41, 5.74) is -2.40. The lowest BCUT2D eigenvalue weighted by Gasteiger charge is -2.38. The summed E-state index contributed by atoms with van der Waals surface area (Å²) in [4.78, 5) is 31.1. The normalized spacial score (nSPS) is 25.0. The van der Waals surface area contributed by atoms with Crippen molar-refractivity contribution in [2.75, 3.05) is 20.0 Å². The van der Waals surface area contributed by atoms with Gasteiger partial charge in [-0.25, -0.2) is 28.3 Å². The monoisotopic (exact) mass is 646 g/mol. The summed E-state index contributed by atoms with van der Waals surface area (Å²) in [5.74, 6) is -2.28. The van der Waals surface area contributed by atoms with Crippen LogP contribution in [0.1, 0.15) is 39.7 Å². The fraction of sp³-hybridized carbons (Fsp3) is 0.593. The average Bonchev–Trinajstić information content (AvgIpc) is 3.52. The van der Waals surface area contributed by atoms with E-state index in [1.165, 1.54) is 41.8 Å². The maximum atomic E-state index is 15.3. The predicted molar refractivity (Wildman–Crippen MR) is 156 cm³/mol. The van der Waals surface area contributed by atoms with E-state index < -0.39 is 54.4 Å². The summed E-state index contributed by atoms with van der Waals surface area (Å²) in [6.45, 7) is 12.4. The van der Waals surface area contributed by atoms with Crippen LogP contribution in [0.4, 0.5) is 13.6 Å². The van der Waals surface area contributed by atoms with Crippen LogP contribution in [-0.4, -0.2) is 65.7 Å². The molecule has 1 N–H and O–H groups in total. The fourth-order valence-electron chi connectivity index (χ4n) is 4.43. The third-order valence-electron chi connectivity index (χ3n) is 6.56. The maximum absolute atomic E-state index is 15.3. The quantitative estimate of drug-likeness (QED) is 0.132. The topological polar surface area (TPSA) is 88.4 Å². The van der Waals surface area contributed by atoms with Crippen LogP contribution < -0.4 is 0 Å². The van der Waals surface area contributed by atoms with Crippen molar-refractivity contribution in [1.29, 1.82) is 0 Å². The Hall–Kier alpha value is -1.76. The van der Waals surface area contributed by atoms with E-state index in [9.17, 15) is 14.7 Å². The van der Waals surface area contributed by atoms with Crippen molar-refractivity contribution in [3.63, 3.8) is 0 Å². The number of ether oxygens (including phenoxy) is 2. The van der Waals surface area contributed by atoms with Crippen LogP contribution >= 0.6 is 27.7 Å². The third-order valence-corrected chi connectivity index (χ3v) is 10.2. The SMILES string of the molecule is C/C(=C\[C@]12C[C@H]1[C@@](CF)(c1cc(Br)ccc1F)N=C(N(COCC[Si](C)(C)C)C(=O)OC(C)(C)C)S2)C(=O)O. The van der Waals surface area contributed by atoms with Gasteiger partial charge in [-0.3, -0.25) is 0 Å². The van der Waals surface area contributed by atoms with Gasteiger partial charge in [0.2, 0.25) is 0 Å². The number of carbonyl (C=O) groups is 2. The molecule has 12 heteroatoms. The predicted octanol–water partition coefficient (Wildman–Crippen LogP) is 7.19. The maximum Gasteiger partial charge on any atom is 0.418 e. The van der Waals surface area contributed by atoms with Crippen LogP contribution in [0.25, 0.3) is 0 Å². The highest BCUT2D eigenvalue weighted by Gasteiger charge is 2.68. The van der Waals surface area contributed by atoms with E-state index in [-0.39, 0.29) is 23.0 Å². The van der Waals surface area contributed by atoms with Crippen LogP contribution in [-0.2, 0) is 19.8 Å². The van der Waals surface area contributed by atoms with Crippen molar-refractivity contribution in [3.05, 3.63) is 45.7 Å². The van der Waals surface area contributed by atoms with E-state index in [4.69, 9.17) is 14.5 Å². The Bertz CT molecular complexity index is 1190. The summed E-state index contributed by atoms with van der Waals surface area (Å²) >= 11 is 4.51. The second kappa shape index (κ2) is 11.6. The van der Waals surface area contributed by atoms with Crippen molar-refractivity contribution in [2.45, 2.75) is 75.7 Å². The summed E-state index contributed by atoms with van der Waals surface area (Å²) in [7, 11) is -1.42. The van der Waals surface area contributed by atoms with E-state index in [2.05, 4.69) is 35.6 Å². The van der Waals surface area contributed by atoms with Crippen molar-refractivity contribution in [2.24, 2.45) is 10.9 Å². The highest BCUT2D eigenvalue weighted by Crippen LogP contribution is 2.68. The Morgan fingerprint density at radius 2 is 2.00 bits per heavy atom. The van der Waals surface area contributed by atoms with E-state index in [0.29, 0.717) is 17.5 Å². The zero-order valence-electron chi connectivity index (χ0n) is 23.4. The molecular formula is C27H37BrF2N2O5SSi. The molecule has 1 saturated carbocycles. The van der Waals surface area contributed by atoms with Crippen LogP contribution in [0.5, 0.6) is 0 Å². The fourth-order valence-corrected chi connectivity index (χ4v) is 7.16. The van der Waals surface area contributed by atoms with Crippen molar-refractivity contribution < 1.29 is 33.0 Å². The zero-order valence-corrected chi connectivity index (χ0v) is 26.8. The van der Waals surface area contributed by atoms with Gasteiger partial charge in [0.25, 0.3) is 0 Å².